The summed E-state index contributed by atoms with van der Waals surface area (Å²) in [4.78, 5) is 14.3. The average Bonchev–Trinajstić information content (AvgIpc) is 2.44. The molecule has 0 spiro atoms. The second-order valence-electron chi connectivity index (χ2n) is 3.90. The van der Waals surface area contributed by atoms with E-state index in [9.17, 15) is 4.79 Å². The van der Waals surface area contributed by atoms with Crippen LogP contribution in [-0.2, 0) is 4.74 Å². The molecule has 0 aliphatic carbocycles. The number of amides is 1. The van der Waals surface area contributed by atoms with Gasteiger partial charge in [-0.25, -0.2) is 0 Å². The first-order valence-corrected chi connectivity index (χ1v) is 7.42. The minimum Gasteiger partial charge on any atom is -0.493 e. The minimum atomic E-state index is -0.0273. The molecule has 0 N–H and O–H groups in total. The van der Waals surface area contributed by atoms with Gasteiger partial charge in [0.1, 0.15) is 5.75 Å². The van der Waals surface area contributed by atoms with Gasteiger partial charge in [-0.1, -0.05) is 28.1 Å². The summed E-state index contributed by atoms with van der Waals surface area (Å²) in [5, 5.41) is 0.735. The molecule has 0 aromatic heterocycles. The molecule has 106 valence electrons. The highest BCUT2D eigenvalue weighted by molar-refractivity contribution is 9.09. The van der Waals surface area contributed by atoms with E-state index in [2.05, 4.69) is 15.9 Å². The first kappa shape index (κ1) is 16.0. The summed E-state index contributed by atoms with van der Waals surface area (Å²) in [5.74, 6) is 0.604. The third kappa shape index (κ3) is 4.84. The van der Waals surface area contributed by atoms with Crippen LogP contribution in [0.25, 0.3) is 0 Å². The van der Waals surface area contributed by atoms with Crippen molar-refractivity contribution in [3.8, 4) is 5.75 Å². The lowest BCUT2D eigenvalue weighted by Gasteiger charge is -2.22. The van der Waals surface area contributed by atoms with Crippen LogP contribution in [0.3, 0.4) is 0 Å². The quantitative estimate of drug-likeness (QED) is 0.688. The summed E-state index contributed by atoms with van der Waals surface area (Å²) >= 11 is 3.37. The number of benzene rings is 1. The van der Waals surface area contributed by atoms with Gasteiger partial charge in [-0.3, -0.25) is 4.79 Å². The fourth-order valence-electron chi connectivity index (χ4n) is 1.71. The van der Waals surface area contributed by atoms with Crippen LogP contribution >= 0.6 is 15.9 Å². The Morgan fingerprint density at radius 1 is 1.32 bits per heavy atom. The maximum atomic E-state index is 12.5. The number of halogens is 1. The molecule has 0 saturated carbocycles. The molecular formula is C14H20BrNO3. The van der Waals surface area contributed by atoms with Crippen molar-refractivity contribution < 1.29 is 14.3 Å². The molecule has 0 radical (unpaired) electrons. The molecule has 0 saturated heterocycles. The second kappa shape index (κ2) is 8.93. The van der Waals surface area contributed by atoms with E-state index < -0.39 is 0 Å². The Bertz CT molecular complexity index is 398. The Morgan fingerprint density at radius 2 is 2.05 bits per heavy atom. The molecule has 0 aliphatic heterocycles. The molecule has 1 aromatic carbocycles. The Hall–Kier alpha value is -1.07. The van der Waals surface area contributed by atoms with Crippen molar-refractivity contribution in [3.05, 3.63) is 29.8 Å². The zero-order chi connectivity index (χ0) is 14.1. The van der Waals surface area contributed by atoms with Gasteiger partial charge in [0.05, 0.1) is 18.8 Å². The molecule has 1 amide bonds. The van der Waals surface area contributed by atoms with Crippen LogP contribution < -0.4 is 4.74 Å². The summed E-state index contributed by atoms with van der Waals surface area (Å²) < 4.78 is 10.5. The van der Waals surface area contributed by atoms with E-state index in [1.54, 1.807) is 18.1 Å². The van der Waals surface area contributed by atoms with Crippen molar-refractivity contribution in [2.75, 3.05) is 38.7 Å². The number of hydrogen-bond donors (Lipinski definition) is 0. The first-order chi connectivity index (χ1) is 9.24. The number of methoxy groups -OCH3 is 1. The van der Waals surface area contributed by atoms with E-state index >= 15 is 0 Å². The highest BCUT2D eigenvalue weighted by Crippen LogP contribution is 2.20. The third-order valence-electron chi connectivity index (χ3n) is 2.62. The van der Waals surface area contributed by atoms with Crippen LogP contribution in [0.1, 0.15) is 17.3 Å². The van der Waals surface area contributed by atoms with Crippen molar-refractivity contribution in [2.24, 2.45) is 0 Å². The maximum Gasteiger partial charge on any atom is 0.257 e. The number of carbonyl (C=O) groups is 1. The largest absolute Gasteiger partial charge is 0.493 e. The number of alkyl halides is 1. The molecule has 1 rings (SSSR count). The van der Waals surface area contributed by atoms with Crippen LogP contribution in [0.2, 0.25) is 0 Å². The minimum absolute atomic E-state index is 0.0273. The molecule has 0 unspecified atom stereocenters. The number of rotatable bonds is 8. The van der Waals surface area contributed by atoms with Crippen LogP contribution in [-0.4, -0.2) is 49.6 Å². The number of ether oxygens (including phenoxy) is 2. The van der Waals surface area contributed by atoms with Gasteiger partial charge in [-0.15, -0.1) is 0 Å². The van der Waals surface area contributed by atoms with Gasteiger partial charge in [0.2, 0.25) is 0 Å². The lowest BCUT2D eigenvalue weighted by molar-refractivity contribution is 0.0705. The summed E-state index contributed by atoms with van der Waals surface area (Å²) in [5.41, 5.74) is 0.599. The second-order valence-corrected chi connectivity index (χ2v) is 4.70. The molecular weight excluding hydrogens is 310 g/mol. The van der Waals surface area contributed by atoms with Gasteiger partial charge >= 0.3 is 0 Å². The molecule has 5 heteroatoms. The first-order valence-electron chi connectivity index (χ1n) is 6.30. The van der Waals surface area contributed by atoms with E-state index in [0.717, 1.165) is 5.33 Å². The van der Waals surface area contributed by atoms with Crippen molar-refractivity contribution in [1.82, 2.24) is 4.90 Å². The zero-order valence-electron chi connectivity index (χ0n) is 11.4. The van der Waals surface area contributed by atoms with Crippen LogP contribution in [0.5, 0.6) is 5.75 Å². The monoisotopic (exact) mass is 329 g/mol. The van der Waals surface area contributed by atoms with Gasteiger partial charge in [0.15, 0.2) is 0 Å². The zero-order valence-corrected chi connectivity index (χ0v) is 13.0. The van der Waals surface area contributed by atoms with Crippen molar-refractivity contribution >= 4 is 21.8 Å². The van der Waals surface area contributed by atoms with Crippen molar-refractivity contribution in [2.45, 2.75) is 6.92 Å². The molecule has 19 heavy (non-hydrogen) atoms. The predicted molar refractivity (Wildman–Crippen MR) is 79.2 cm³/mol. The fourth-order valence-corrected chi connectivity index (χ4v) is 2.14. The van der Waals surface area contributed by atoms with Gasteiger partial charge < -0.3 is 14.4 Å². The highest BCUT2D eigenvalue weighted by Gasteiger charge is 2.18. The van der Waals surface area contributed by atoms with E-state index in [-0.39, 0.29) is 5.91 Å². The predicted octanol–water partition coefficient (Wildman–Crippen LogP) is 2.57. The summed E-state index contributed by atoms with van der Waals surface area (Å²) in [6.45, 7) is 4.18. The summed E-state index contributed by atoms with van der Waals surface area (Å²) in [6, 6.07) is 7.32. The highest BCUT2D eigenvalue weighted by atomic mass is 79.9. The van der Waals surface area contributed by atoms with E-state index in [0.29, 0.717) is 37.6 Å². The van der Waals surface area contributed by atoms with Gasteiger partial charge in [-0.05, 0) is 19.1 Å². The SMILES string of the molecule is CCOc1ccccc1C(=O)N(CCBr)CCOC. The summed E-state index contributed by atoms with van der Waals surface area (Å²) in [7, 11) is 1.63. The van der Waals surface area contributed by atoms with Crippen molar-refractivity contribution in [1.29, 1.82) is 0 Å². The topological polar surface area (TPSA) is 38.8 Å². The number of para-hydroxylation sites is 1. The third-order valence-corrected chi connectivity index (χ3v) is 2.98. The molecule has 0 aliphatic rings. The molecule has 0 atom stereocenters. The van der Waals surface area contributed by atoms with Crippen LogP contribution in [0, 0.1) is 0 Å². The van der Waals surface area contributed by atoms with Crippen LogP contribution in [0.15, 0.2) is 24.3 Å². The smallest absolute Gasteiger partial charge is 0.257 e. The standard InChI is InChI=1S/C14H20BrNO3/c1-3-19-13-7-5-4-6-12(13)14(17)16(9-8-15)10-11-18-2/h4-7H,3,8-11H2,1-2H3. The van der Waals surface area contributed by atoms with Crippen molar-refractivity contribution in [3.63, 3.8) is 0 Å². The van der Waals surface area contributed by atoms with Gasteiger partial charge in [0.25, 0.3) is 5.91 Å². The normalized spacial score (nSPS) is 10.3. The Kier molecular flexibility index (Phi) is 7.52. The Morgan fingerprint density at radius 3 is 2.68 bits per heavy atom. The van der Waals surface area contributed by atoms with E-state index in [4.69, 9.17) is 9.47 Å². The fraction of sp³-hybridized carbons (Fsp3) is 0.500. The lowest BCUT2D eigenvalue weighted by atomic mass is 10.1. The van der Waals surface area contributed by atoms with Crippen LogP contribution in [0.4, 0.5) is 0 Å². The Balaban J connectivity index is 2.88. The molecule has 0 bridgehead atoms. The van der Waals surface area contributed by atoms with Gasteiger partial charge in [0, 0.05) is 25.5 Å². The maximum absolute atomic E-state index is 12.5. The molecule has 1 aromatic rings. The van der Waals surface area contributed by atoms with E-state index in [1.807, 2.05) is 25.1 Å². The average molecular weight is 330 g/mol. The summed E-state index contributed by atoms with van der Waals surface area (Å²) in [6.07, 6.45) is 0. The van der Waals surface area contributed by atoms with E-state index in [1.165, 1.54) is 0 Å². The Labute approximate surface area is 122 Å². The van der Waals surface area contributed by atoms with Gasteiger partial charge in [-0.2, -0.15) is 0 Å². The molecule has 0 fully saturated rings. The number of carbonyl (C=O) groups excluding carboxylic acids is 1. The number of hydrogen-bond acceptors (Lipinski definition) is 3. The molecule has 0 heterocycles. The number of nitrogens with zero attached hydrogens (tertiary/aromatic N) is 1. The molecule has 4 nitrogen and oxygen atoms in total. The lowest BCUT2D eigenvalue weighted by Crippen LogP contribution is -2.35.